The number of aliphatic hydroxyl groups excluding tert-OH is 1. The predicted octanol–water partition coefficient (Wildman–Crippen LogP) is 3.10. The number of ketones is 1. The van der Waals surface area contributed by atoms with Crippen molar-refractivity contribution in [1.29, 1.82) is 0 Å². The highest BCUT2D eigenvalue weighted by Gasteiger charge is 2.22. The Bertz CT molecular complexity index is 955. The van der Waals surface area contributed by atoms with Gasteiger partial charge < -0.3 is 14.4 Å². The molecule has 0 aliphatic heterocycles. The van der Waals surface area contributed by atoms with Crippen LogP contribution in [0.2, 0.25) is 0 Å². The normalized spacial score (nSPS) is 11.2. The lowest BCUT2D eigenvalue weighted by Gasteiger charge is -2.09. The minimum Gasteiger partial charge on any atom is -0.394 e. The molecule has 3 aromatic rings. The van der Waals surface area contributed by atoms with Crippen LogP contribution in [0.4, 0.5) is 4.39 Å². The van der Waals surface area contributed by atoms with E-state index in [1.54, 1.807) is 30.1 Å². The van der Waals surface area contributed by atoms with Crippen molar-refractivity contribution in [2.75, 3.05) is 19.8 Å². The highest BCUT2D eigenvalue weighted by Crippen LogP contribution is 2.28. The average Bonchev–Trinajstić information content (AvgIpc) is 2.90. The van der Waals surface area contributed by atoms with Gasteiger partial charge in [-0.05, 0) is 51.9 Å². The van der Waals surface area contributed by atoms with Crippen LogP contribution in [0.1, 0.15) is 21.6 Å². The van der Waals surface area contributed by atoms with E-state index in [2.05, 4.69) is 27.6 Å². The summed E-state index contributed by atoms with van der Waals surface area (Å²) in [6.45, 7) is -0.189. The van der Waals surface area contributed by atoms with E-state index < -0.39 is 0 Å². The van der Waals surface area contributed by atoms with E-state index >= 15 is 0 Å². The average molecular weight is 468 g/mol. The number of halogens is 2. The Hall–Kier alpha value is -1.84. The van der Waals surface area contributed by atoms with Gasteiger partial charge in [0.2, 0.25) is 5.78 Å². The zero-order chi connectivity index (χ0) is 18.7. The Morgan fingerprint density at radius 3 is 2.92 bits per heavy atom. The first-order chi connectivity index (χ1) is 12.5. The number of hydrogen-bond donors (Lipinski definition) is 1. The zero-order valence-corrected chi connectivity index (χ0v) is 16.4. The Balaban J connectivity index is 2.07. The molecule has 0 radical (unpaired) electrons. The molecule has 1 aromatic carbocycles. The van der Waals surface area contributed by atoms with Crippen LogP contribution in [0.25, 0.3) is 10.9 Å². The molecule has 0 aliphatic rings. The minimum absolute atomic E-state index is 0.0956. The third-order valence-corrected chi connectivity index (χ3v) is 4.89. The number of carbonyl (C=O) groups excluding carboxylic acids is 1. The third kappa shape index (κ3) is 3.79. The fraction of sp³-hybridized carbons (Fsp3) is 0.263. The van der Waals surface area contributed by atoms with Crippen LogP contribution in [0.3, 0.4) is 0 Å². The van der Waals surface area contributed by atoms with E-state index in [-0.39, 0.29) is 37.8 Å². The second kappa shape index (κ2) is 8.24. The summed E-state index contributed by atoms with van der Waals surface area (Å²) in [5, 5.41) is 9.65. The van der Waals surface area contributed by atoms with Gasteiger partial charge in [-0.15, -0.1) is 0 Å². The van der Waals surface area contributed by atoms with Gasteiger partial charge in [-0.1, -0.05) is 6.07 Å². The van der Waals surface area contributed by atoms with Gasteiger partial charge in [-0.2, -0.15) is 0 Å². The maximum atomic E-state index is 14.4. The first-order valence-corrected chi connectivity index (χ1v) is 9.17. The predicted molar refractivity (Wildman–Crippen MR) is 105 cm³/mol. The lowest BCUT2D eigenvalue weighted by atomic mass is 10.0. The summed E-state index contributed by atoms with van der Waals surface area (Å²) < 4.78 is 22.2. The molecule has 0 saturated carbocycles. The van der Waals surface area contributed by atoms with Gasteiger partial charge >= 0.3 is 0 Å². The summed E-state index contributed by atoms with van der Waals surface area (Å²) >= 11 is 2.06. The molecule has 3 rings (SSSR count). The van der Waals surface area contributed by atoms with Gasteiger partial charge in [0.15, 0.2) is 0 Å². The number of rotatable bonds is 7. The third-order valence-electron chi connectivity index (χ3n) is 4.22. The summed E-state index contributed by atoms with van der Waals surface area (Å²) in [4.78, 5) is 16.9. The number of nitrogens with zero attached hydrogens (tertiary/aromatic N) is 2. The SMILES string of the molecule is Cn1c(C(=O)COCCO)c(Cc2ccc(I)cc2F)c2cnccc21. The number of pyridine rings is 1. The van der Waals surface area contributed by atoms with Gasteiger partial charge in [-0.25, -0.2) is 4.39 Å². The van der Waals surface area contributed by atoms with Crippen LogP contribution >= 0.6 is 22.6 Å². The van der Waals surface area contributed by atoms with Crippen LogP contribution in [-0.2, 0) is 18.2 Å². The summed E-state index contributed by atoms with van der Waals surface area (Å²) in [5.41, 5.74) is 2.58. The number of ether oxygens (including phenoxy) is 1. The molecule has 0 fully saturated rings. The molecule has 1 N–H and O–H groups in total. The summed E-state index contributed by atoms with van der Waals surface area (Å²) in [6.07, 6.45) is 3.64. The van der Waals surface area contributed by atoms with Crippen LogP contribution in [0, 0.1) is 9.39 Å². The molecule has 136 valence electrons. The van der Waals surface area contributed by atoms with Gasteiger partial charge in [0, 0.05) is 34.8 Å². The number of aromatic nitrogens is 2. The Labute approximate surface area is 163 Å². The molecule has 0 atom stereocenters. The topological polar surface area (TPSA) is 64.3 Å². The molecular formula is C19H18FIN2O3. The van der Waals surface area contributed by atoms with Crippen molar-refractivity contribution in [2.24, 2.45) is 7.05 Å². The Kier molecular flexibility index (Phi) is 6.00. The first-order valence-electron chi connectivity index (χ1n) is 8.10. The lowest BCUT2D eigenvalue weighted by Crippen LogP contribution is -2.16. The molecule has 0 unspecified atom stereocenters. The van der Waals surface area contributed by atoms with E-state index in [0.717, 1.165) is 20.0 Å². The van der Waals surface area contributed by atoms with Gasteiger partial charge in [-0.3, -0.25) is 9.78 Å². The maximum absolute atomic E-state index is 14.4. The molecule has 2 heterocycles. The number of Topliss-reactive ketones (excluding diaryl/α,β-unsaturated/α-hetero) is 1. The molecule has 5 nitrogen and oxygen atoms in total. The van der Waals surface area contributed by atoms with Gasteiger partial charge in [0.1, 0.15) is 12.4 Å². The monoisotopic (exact) mass is 468 g/mol. The van der Waals surface area contributed by atoms with Crippen molar-refractivity contribution in [3.63, 3.8) is 0 Å². The summed E-state index contributed by atoms with van der Waals surface area (Å²) in [6, 6.07) is 6.89. The van der Waals surface area contributed by atoms with Crippen LogP contribution < -0.4 is 0 Å². The molecule has 0 aliphatic carbocycles. The number of aliphatic hydroxyl groups is 1. The number of hydrogen-bond acceptors (Lipinski definition) is 4. The Morgan fingerprint density at radius 1 is 1.38 bits per heavy atom. The van der Waals surface area contributed by atoms with Crippen LogP contribution in [-0.4, -0.2) is 40.3 Å². The van der Waals surface area contributed by atoms with E-state index in [9.17, 15) is 9.18 Å². The second-order valence-electron chi connectivity index (χ2n) is 5.89. The lowest BCUT2D eigenvalue weighted by molar-refractivity contribution is 0.0656. The van der Waals surface area contributed by atoms with E-state index in [1.807, 2.05) is 12.1 Å². The smallest absolute Gasteiger partial charge is 0.205 e. The highest BCUT2D eigenvalue weighted by atomic mass is 127. The van der Waals surface area contributed by atoms with Gasteiger partial charge in [0.25, 0.3) is 0 Å². The Morgan fingerprint density at radius 2 is 2.19 bits per heavy atom. The van der Waals surface area contributed by atoms with Crippen molar-refractivity contribution in [3.05, 3.63) is 62.9 Å². The number of carbonyl (C=O) groups is 1. The quantitative estimate of drug-likeness (QED) is 0.329. The van der Waals surface area contributed by atoms with Crippen molar-refractivity contribution in [1.82, 2.24) is 9.55 Å². The fourth-order valence-electron chi connectivity index (χ4n) is 3.05. The van der Waals surface area contributed by atoms with Crippen molar-refractivity contribution >= 4 is 39.3 Å². The maximum Gasteiger partial charge on any atom is 0.205 e. The molecule has 0 amide bonds. The van der Waals surface area contributed by atoms with Crippen LogP contribution in [0.5, 0.6) is 0 Å². The first kappa shape index (κ1) is 18.9. The van der Waals surface area contributed by atoms with Crippen molar-refractivity contribution in [3.8, 4) is 0 Å². The molecule has 26 heavy (non-hydrogen) atoms. The molecule has 0 bridgehead atoms. The van der Waals surface area contributed by atoms with E-state index in [1.165, 1.54) is 6.07 Å². The highest BCUT2D eigenvalue weighted by molar-refractivity contribution is 14.1. The molecular weight excluding hydrogens is 450 g/mol. The molecule has 2 aromatic heterocycles. The molecule has 0 saturated heterocycles. The van der Waals surface area contributed by atoms with Gasteiger partial charge in [0.05, 0.1) is 24.4 Å². The fourth-order valence-corrected chi connectivity index (χ4v) is 3.50. The van der Waals surface area contributed by atoms with Crippen molar-refractivity contribution in [2.45, 2.75) is 6.42 Å². The van der Waals surface area contributed by atoms with E-state index in [0.29, 0.717) is 11.3 Å². The summed E-state index contributed by atoms with van der Waals surface area (Å²) in [5.74, 6) is -0.509. The zero-order valence-electron chi connectivity index (χ0n) is 14.2. The summed E-state index contributed by atoms with van der Waals surface area (Å²) in [7, 11) is 1.80. The van der Waals surface area contributed by atoms with E-state index in [4.69, 9.17) is 9.84 Å². The standard InChI is InChI=1S/C19H18FIN2O3/c1-23-17-4-5-22-10-15(17)14(19(23)18(25)11-26-7-6-24)8-12-2-3-13(21)9-16(12)20/h2-5,9-10,24H,6-8,11H2,1H3. The largest absolute Gasteiger partial charge is 0.394 e. The molecule has 0 spiro atoms. The second-order valence-corrected chi connectivity index (χ2v) is 7.14. The number of fused-ring (bicyclic) bond motifs is 1. The number of benzene rings is 1. The minimum atomic E-state index is -0.298. The number of aryl methyl sites for hydroxylation is 1. The van der Waals surface area contributed by atoms with Crippen molar-refractivity contribution < 1.29 is 19.0 Å². The molecule has 7 heteroatoms. The van der Waals surface area contributed by atoms with Crippen LogP contribution in [0.15, 0.2) is 36.7 Å².